The fourth-order valence-corrected chi connectivity index (χ4v) is 3.95. The highest BCUT2D eigenvalue weighted by Gasteiger charge is 2.24. The molecule has 3 aromatic rings. The summed E-state index contributed by atoms with van der Waals surface area (Å²) in [5.41, 5.74) is 5.59. The fourth-order valence-electron chi connectivity index (χ4n) is 3.95. The van der Waals surface area contributed by atoms with Crippen LogP contribution < -0.4 is 10.2 Å². The van der Waals surface area contributed by atoms with E-state index < -0.39 is 0 Å². The fraction of sp³-hybridized carbons (Fsp3) is 0.364. The van der Waals surface area contributed by atoms with Gasteiger partial charge in [-0.25, -0.2) is 4.98 Å². The normalized spacial score (nSPS) is 16.8. The Morgan fingerprint density at radius 3 is 2.85 bits per heavy atom. The molecule has 1 aromatic carbocycles. The molecule has 1 aliphatic heterocycles. The molecule has 0 unspecified atom stereocenters. The van der Waals surface area contributed by atoms with Crippen LogP contribution >= 0.6 is 0 Å². The van der Waals surface area contributed by atoms with Gasteiger partial charge in [-0.05, 0) is 49.4 Å². The number of aryl methyl sites for hydroxylation is 2. The molecule has 0 radical (unpaired) electrons. The second-order valence-corrected chi connectivity index (χ2v) is 7.50. The number of rotatable bonds is 5. The maximum atomic E-state index is 12.4. The maximum absolute atomic E-state index is 12.4. The van der Waals surface area contributed by atoms with Crippen LogP contribution in [0, 0.1) is 19.8 Å². The molecule has 5 heteroatoms. The summed E-state index contributed by atoms with van der Waals surface area (Å²) in [7, 11) is 0. The molecule has 140 valence electrons. The van der Waals surface area contributed by atoms with Gasteiger partial charge in [0.2, 0.25) is 5.91 Å². The van der Waals surface area contributed by atoms with Crippen molar-refractivity contribution in [1.29, 1.82) is 0 Å². The third kappa shape index (κ3) is 3.68. The lowest BCUT2D eigenvalue weighted by Crippen LogP contribution is -2.32. The van der Waals surface area contributed by atoms with Crippen molar-refractivity contribution in [3.63, 3.8) is 0 Å². The molecule has 1 aliphatic rings. The Hall–Kier alpha value is -2.82. The Bertz CT molecular complexity index is 962. The number of fused-ring (bicyclic) bond motifs is 1. The number of imidazole rings is 1. The van der Waals surface area contributed by atoms with Crippen LogP contribution in [0.5, 0.6) is 0 Å². The molecule has 1 amide bonds. The molecule has 3 heterocycles. The predicted molar refractivity (Wildman–Crippen MR) is 108 cm³/mol. The van der Waals surface area contributed by atoms with Crippen molar-refractivity contribution < 1.29 is 4.79 Å². The molecule has 1 fully saturated rings. The summed E-state index contributed by atoms with van der Waals surface area (Å²) in [6, 6.07) is 12.5. The molecule has 5 nitrogen and oxygen atoms in total. The molecular formula is C22H26N4O. The molecule has 27 heavy (non-hydrogen) atoms. The summed E-state index contributed by atoms with van der Waals surface area (Å²) in [5, 5.41) is 3.12. The number of hydrogen-bond acceptors (Lipinski definition) is 3. The van der Waals surface area contributed by atoms with E-state index in [4.69, 9.17) is 0 Å². The predicted octanol–water partition coefficient (Wildman–Crippen LogP) is 3.14. The number of benzene rings is 1. The van der Waals surface area contributed by atoms with Crippen LogP contribution in [0.3, 0.4) is 0 Å². The van der Waals surface area contributed by atoms with Crippen LogP contribution in [-0.2, 0) is 11.2 Å². The number of para-hydroxylation sites is 1. The lowest BCUT2D eigenvalue weighted by Gasteiger charge is -2.21. The van der Waals surface area contributed by atoms with Crippen molar-refractivity contribution in [3.8, 4) is 0 Å². The Kier molecular flexibility index (Phi) is 4.84. The number of aromatic nitrogens is 2. The number of carbonyl (C=O) groups excluding carboxylic acids is 1. The summed E-state index contributed by atoms with van der Waals surface area (Å²) in [5.74, 6) is 0.561. The van der Waals surface area contributed by atoms with E-state index in [2.05, 4.69) is 46.4 Å². The van der Waals surface area contributed by atoms with Crippen LogP contribution in [-0.4, -0.2) is 34.9 Å². The minimum atomic E-state index is 0.0626. The highest BCUT2D eigenvalue weighted by Crippen LogP contribution is 2.26. The average molecular weight is 362 g/mol. The van der Waals surface area contributed by atoms with Gasteiger partial charge < -0.3 is 14.6 Å². The summed E-state index contributed by atoms with van der Waals surface area (Å²) in [6.07, 6.45) is 5.24. The number of nitrogens with one attached hydrogen (secondary N) is 1. The topological polar surface area (TPSA) is 49.6 Å². The number of hydrogen-bond donors (Lipinski definition) is 1. The zero-order valence-electron chi connectivity index (χ0n) is 16.0. The van der Waals surface area contributed by atoms with Gasteiger partial charge in [-0.15, -0.1) is 0 Å². The van der Waals surface area contributed by atoms with E-state index in [0.717, 1.165) is 43.0 Å². The Labute approximate surface area is 160 Å². The molecule has 1 saturated heterocycles. The van der Waals surface area contributed by atoms with Crippen molar-refractivity contribution in [2.24, 2.45) is 5.92 Å². The van der Waals surface area contributed by atoms with Crippen LogP contribution in [0.25, 0.3) is 5.65 Å². The molecule has 4 rings (SSSR count). The van der Waals surface area contributed by atoms with Gasteiger partial charge in [0.15, 0.2) is 0 Å². The Morgan fingerprint density at radius 2 is 2.00 bits per heavy atom. The molecule has 0 saturated carbocycles. The van der Waals surface area contributed by atoms with E-state index in [0.29, 0.717) is 12.3 Å². The van der Waals surface area contributed by atoms with Crippen LogP contribution in [0.4, 0.5) is 5.69 Å². The first-order valence-electron chi connectivity index (χ1n) is 9.60. The minimum Gasteiger partial charge on any atom is -0.371 e. The first-order valence-corrected chi connectivity index (χ1v) is 9.60. The van der Waals surface area contributed by atoms with Gasteiger partial charge >= 0.3 is 0 Å². The van der Waals surface area contributed by atoms with Crippen LogP contribution in [0.1, 0.15) is 23.2 Å². The molecule has 2 aromatic heterocycles. The summed E-state index contributed by atoms with van der Waals surface area (Å²) >= 11 is 0. The lowest BCUT2D eigenvalue weighted by molar-refractivity contribution is -0.120. The van der Waals surface area contributed by atoms with Gasteiger partial charge in [0.1, 0.15) is 5.65 Å². The zero-order chi connectivity index (χ0) is 18.8. The van der Waals surface area contributed by atoms with Gasteiger partial charge in [-0.1, -0.05) is 24.3 Å². The maximum Gasteiger partial charge on any atom is 0.226 e. The molecule has 0 bridgehead atoms. The van der Waals surface area contributed by atoms with E-state index in [1.807, 2.05) is 29.7 Å². The summed E-state index contributed by atoms with van der Waals surface area (Å²) in [6.45, 7) is 6.98. The van der Waals surface area contributed by atoms with E-state index in [9.17, 15) is 4.79 Å². The van der Waals surface area contributed by atoms with Gasteiger partial charge in [0, 0.05) is 37.7 Å². The van der Waals surface area contributed by atoms with Crippen molar-refractivity contribution in [1.82, 2.24) is 14.7 Å². The molecular weight excluding hydrogens is 336 g/mol. The van der Waals surface area contributed by atoms with Crippen molar-refractivity contribution in [2.75, 3.05) is 24.5 Å². The number of carbonyl (C=O) groups is 1. The standard InChI is InChI=1S/C22H26N4O/c1-16-6-3-4-8-20(16)25-11-9-18(15-25)13-23-21(27)12-19-14-24-22-17(2)7-5-10-26(19)22/h3-8,10,14,18H,9,11-13,15H2,1-2H3,(H,23,27)/t18-/m1/s1. The molecule has 0 spiro atoms. The molecule has 0 aliphatic carbocycles. The molecule has 1 N–H and O–H groups in total. The summed E-state index contributed by atoms with van der Waals surface area (Å²) in [4.78, 5) is 19.3. The van der Waals surface area contributed by atoms with Crippen LogP contribution in [0.2, 0.25) is 0 Å². The largest absolute Gasteiger partial charge is 0.371 e. The van der Waals surface area contributed by atoms with Gasteiger partial charge in [-0.2, -0.15) is 0 Å². The average Bonchev–Trinajstić information content (AvgIpc) is 3.29. The van der Waals surface area contributed by atoms with Gasteiger partial charge in [0.25, 0.3) is 0 Å². The second-order valence-electron chi connectivity index (χ2n) is 7.50. The lowest BCUT2D eigenvalue weighted by atomic mass is 10.1. The monoisotopic (exact) mass is 362 g/mol. The number of nitrogens with zero attached hydrogens (tertiary/aromatic N) is 3. The zero-order valence-corrected chi connectivity index (χ0v) is 16.0. The van der Waals surface area contributed by atoms with Crippen molar-refractivity contribution >= 4 is 17.2 Å². The van der Waals surface area contributed by atoms with Gasteiger partial charge in [0.05, 0.1) is 12.1 Å². The first-order chi connectivity index (χ1) is 13.1. The quantitative estimate of drug-likeness (QED) is 0.759. The third-order valence-corrected chi connectivity index (χ3v) is 5.48. The SMILES string of the molecule is Cc1ccccc1N1CC[C@H](CNC(=O)Cc2cnc3c(C)cccn23)C1. The van der Waals surface area contributed by atoms with E-state index >= 15 is 0 Å². The first kappa shape index (κ1) is 17.6. The minimum absolute atomic E-state index is 0.0626. The number of amides is 1. The highest BCUT2D eigenvalue weighted by molar-refractivity contribution is 5.78. The van der Waals surface area contributed by atoms with Crippen molar-refractivity contribution in [3.05, 3.63) is 65.6 Å². The smallest absolute Gasteiger partial charge is 0.226 e. The van der Waals surface area contributed by atoms with E-state index in [-0.39, 0.29) is 5.91 Å². The molecule has 1 atom stereocenters. The summed E-state index contributed by atoms with van der Waals surface area (Å²) < 4.78 is 2.00. The van der Waals surface area contributed by atoms with E-state index in [1.54, 1.807) is 6.20 Å². The van der Waals surface area contributed by atoms with Crippen molar-refractivity contribution in [2.45, 2.75) is 26.7 Å². The number of pyridine rings is 1. The Morgan fingerprint density at radius 1 is 1.19 bits per heavy atom. The van der Waals surface area contributed by atoms with E-state index in [1.165, 1.54) is 11.3 Å². The Balaban J connectivity index is 1.32. The third-order valence-electron chi connectivity index (χ3n) is 5.48. The second kappa shape index (κ2) is 7.43. The highest BCUT2D eigenvalue weighted by atomic mass is 16.1. The number of anilines is 1. The van der Waals surface area contributed by atoms with Crippen LogP contribution in [0.15, 0.2) is 48.8 Å². The van der Waals surface area contributed by atoms with Gasteiger partial charge in [-0.3, -0.25) is 4.79 Å².